The topological polar surface area (TPSA) is 85.6 Å². The lowest BCUT2D eigenvalue weighted by molar-refractivity contribution is -0.123. The van der Waals surface area contributed by atoms with Crippen molar-refractivity contribution in [2.45, 2.75) is 20.0 Å². The summed E-state index contributed by atoms with van der Waals surface area (Å²) in [6, 6.07) is 12.3. The lowest BCUT2D eigenvalue weighted by atomic mass is 10.1. The van der Waals surface area contributed by atoms with E-state index in [0.717, 1.165) is 12.1 Å². The van der Waals surface area contributed by atoms with Crippen LogP contribution in [0.2, 0.25) is 0 Å². The molecule has 0 aliphatic rings. The number of carbonyl (C=O) groups is 3. The second kappa shape index (κ2) is 8.69. The van der Waals surface area contributed by atoms with Gasteiger partial charge in [0.1, 0.15) is 17.4 Å². The number of rotatable bonds is 6. The highest BCUT2D eigenvalue weighted by Crippen LogP contribution is 2.23. The van der Waals surface area contributed by atoms with Crippen molar-refractivity contribution in [1.29, 1.82) is 0 Å². The molecule has 0 radical (unpaired) electrons. The minimum atomic E-state index is -1.26. The third kappa shape index (κ3) is 4.78. The van der Waals surface area contributed by atoms with Crippen molar-refractivity contribution in [3.63, 3.8) is 0 Å². The first-order valence-electron chi connectivity index (χ1n) is 8.92. The van der Waals surface area contributed by atoms with Gasteiger partial charge in [0.05, 0.1) is 5.69 Å². The average Bonchev–Trinajstić information content (AvgIpc) is 3.20. The fraction of sp³-hybridized carbons (Fsp3) is 0.136. The van der Waals surface area contributed by atoms with E-state index in [1.807, 2.05) is 0 Å². The fourth-order valence-electron chi connectivity index (χ4n) is 2.57. The number of hydrogen-bond acceptors (Lipinski definition) is 5. The standard InChI is InChI=1S/C22H17F2NO5/c1-12(26)14-3-5-15(6-4-14)19-9-10-20(30-19)22(28)29-13(2)21(27)25-18-8-7-16(23)11-17(18)24/h3-11,13H,1-2H3,(H,25,27)/t13-/m0/s1. The van der Waals surface area contributed by atoms with Crippen LogP contribution in [0, 0.1) is 11.6 Å². The second-order valence-corrected chi connectivity index (χ2v) is 6.46. The number of furan rings is 1. The number of ketones is 1. The van der Waals surface area contributed by atoms with E-state index >= 15 is 0 Å². The molecule has 1 N–H and O–H groups in total. The van der Waals surface area contributed by atoms with Crippen LogP contribution in [0.3, 0.4) is 0 Å². The highest BCUT2D eigenvalue weighted by Gasteiger charge is 2.22. The molecular formula is C22H17F2NO5. The van der Waals surface area contributed by atoms with Crippen LogP contribution < -0.4 is 5.32 Å². The molecule has 0 aliphatic carbocycles. The first-order chi connectivity index (χ1) is 14.2. The SMILES string of the molecule is CC(=O)c1ccc(-c2ccc(C(=O)O[C@@H](C)C(=O)Nc3ccc(F)cc3F)o2)cc1. The summed E-state index contributed by atoms with van der Waals surface area (Å²) >= 11 is 0. The van der Waals surface area contributed by atoms with Gasteiger partial charge < -0.3 is 14.5 Å². The number of hydrogen-bond donors (Lipinski definition) is 1. The molecule has 1 amide bonds. The molecule has 6 nitrogen and oxygen atoms in total. The molecule has 3 rings (SSSR count). The van der Waals surface area contributed by atoms with Crippen molar-refractivity contribution in [2.24, 2.45) is 0 Å². The fourth-order valence-corrected chi connectivity index (χ4v) is 2.57. The summed E-state index contributed by atoms with van der Waals surface area (Å²) in [7, 11) is 0. The Morgan fingerprint density at radius 3 is 2.33 bits per heavy atom. The third-order valence-corrected chi connectivity index (χ3v) is 4.23. The molecule has 30 heavy (non-hydrogen) atoms. The molecule has 1 atom stereocenters. The number of benzene rings is 2. The monoisotopic (exact) mass is 413 g/mol. The van der Waals surface area contributed by atoms with Crippen molar-refractivity contribution < 1.29 is 32.3 Å². The van der Waals surface area contributed by atoms with Crippen molar-refractivity contribution in [3.8, 4) is 11.3 Å². The zero-order valence-electron chi connectivity index (χ0n) is 16.1. The summed E-state index contributed by atoms with van der Waals surface area (Å²) in [6.45, 7) is 2.76. The van der Waals surface area contributed by atoms with Crippen LogP contribution >= 0.6 is 0 Å². The second-order valence-electron chi connectivity index (χ2n) is 6.46. The molecule has 154 valence electrons. The Balaban J connectivity index is 1.64. The summed E-state index contributed by atoms with van der Waals surface area (Å²) in [4.78, 5) is 35.7. The molecule has 0 bridgehead atoms. The summed E-state index contributed by atoms with van der Waals surface area (Å²) in [5.41, 5.74) is 0.956. The van der Waals surface area contributed by atoms with Gasteiger partial charge in [-0.3, -0.25) is 9.59 Å². The third-order valence-electron chi connectivity index (χ3n) is 4.23. The molecule has 2 aromatic carbocycles. The number of halogens is 2. The Labute approximate surface area is 170 Å². The van der Waals surface area contributed by atoms with Crippen LogP contribution in [-0.4, -0.2) is 23.8 Å². The summed E-state index contributed by atoms with van der Waals surface area (Å²) < 4.78 is 37.1. The predicted octanol–water partition coefficient (Wildman–Crippen LogP) is 4.61. The Morgan fingerprint density at radius 1 is 1.00 bits per heavy atom. The molecule has 0 spiro atoms. The Morgan fingerprint density at radius 2 is 1.70 bits per heavy atom. The minimum Gasteiger partial charge on any atom is -0.449 e. The molecule has 8 heteroatoms. The van der Waals surface area contributed by atoms with E-state index in [4.69, 9.17) is 9.15 Å². The summed E-state index contributed by atoms with van der Waals surface area (Å²) in [5, 5.41) is 2.22. The zero-order chi connectivity index (χ0) is 21.8. The first kappa shape index (κ1) is 20.9. The highest BCUT2D eigenvalue weighted by atomic mass is 19.1. The van der Waals surface area contributed by atoms with Crippen LogP contribution in [0.4, 0.5) is 14.5 Å². The minimum absolute atomic E-state index is 0.0713. The largest absolute Gasteiger partial charge is 0.449 e. The lowest BCUT2D eigenvalue weighted by Gasteiger charge is -2.13. The van der Waals surface area contributed by atoms with E-state index in [0.29, 0.717) is 23.0 Å². The van der Waals surface area contributed by atoms with Gasteiger partial charge in [-0.1, -0.05) is 24.3 Å². The van der Waals surface area contributed by atoms with Crippen LogP contribution in [0.25, 0.3) is 11.3 Å². The summed E-state index contributed by atoms with van der Waals surface area (Å²) in [6.07, 6.45) is -1.26. The van der Waals surface area contributed by atoms with Crippen molar-refractivity contribution >= 4 is 23.3 Å². The van der Waals surface area contributed by atoms with Crippen molar-refractivity contribution in [3.05, 3.63) is 77.6 Å². The molecule has 0 unspecified atom stereocenters. The number of carbonyl (C=O) groups excluding carboxylic acids is 3. The maximum Gasteiger partial charge on any atom is 0.375 e. The lowest BCUT2D eigenvalue weighted by Crippen LogP contribution is -2.30. The van der Waals surface area contributed by atoms with Gasteiger partial charge in [-0.15, -0.1) is 0 Å². The van der Waals surface area contributed by atoms with Gasteiger partial charge in [-0.25, -0.2) is 13.6 Å². The number of ether oxygens (including phenoxy) is 1. The zero-order valence-corrected chi connectivity index (χ0v) is 16.1. The number of Topliss-reactive ketones (excluding diaryl/α,β-unsaturated/α-hetero) is 1. The van der Waals surface area contributed by atoms with Gasteiger partial charge in [-0.2, -0.15) is 0 Å². The van der Waals surface area contributed by atoms with E-state index in [2.05, 4.69) is 5.32 Å². The molecule has 3 aromatic rings. The first-order valence-corrected chi connectivity index (χ1v) is 8.92. The van der Waals surface area contributed by atoms with Gasteiger partial charge in [-0.05, 0) is 38.1 Å². The normalized spacial score (nSPS) is 11.6. The highest BCUT2D eigenvalue weighted by molar-refractivity contribution is 5.97. The van der Waals surface area contributed by atoms with E-state index in [9.17, 15) is 23.2 Å². The number of nitrogens with one attached hydrogen (secondary N) is 1. The van der Waals surface area contributed by atoms with Crippen LogP contribution in [-0.2, 0) is 9.53 Å². The Hall–Kier alpha value is -3.81. The van der Waals surface area contributed by atoms with Gasteiger partial charge in [0.25, 0.3) is 5.91 Å². The van der Waals surface area contributed by atoms with Crippen LogP contribution in [0.1, 0.15) is 34.8 Å². The van der Waals surface area contributed by atoms with Gasteiger partial charge in [0, 0.05) is 17.2 Å². The smallest absolute Gasteiger partial charge is 0.375 e. The molecular weight excluding hydrogens is 396 g/mol. The van der Waals surface area contributed by atoms with E-state index < -0.39 is 29.6 Å². The van der Waals surface area contributed by atoms with E-state index in [-0.39, 0.29) is 17.2 Å². The Kier molecular flexibility index (Phi) is 6.06. The van der Waals surface area contributed by atoms with E-state index in [1.54, 1.807) is 30.3 Å². The number of amides is 1. The quantitative estimate of drug-likeness (QED) is 0.471. The maximum atomic E-state index is 13.6. The molecule has 1 heterocycles. The van der Waals surface area contributed by atoms with Gasteiger partial charge in [0.15, 0.2) is 11.9 Å². The average molecular weight is 413 g/mol. The van der Waals surface area contributed by atoms with Crippen LogP contribution in [0.15, 0.2) is 59.0 Å². The number of anilines is 1. The van der Waals surface area contributed by atoms with Crippen LogP contribution in [0.5, 0.6) is 0 Å². The number of esters is 1. The molecule has 0 saturated heterocycles. The van der Waals surface area contributed by atoms with E-state index in [1.165, 1.54) is 19.9 Å². The van der Waals surface area contributed by atoms with Gasteiger partial charge in [0.2, 0.25) is 5.76 Å². The van der Waals surface area contributed by atoms with Gasteiger partial charge >= 0.3 is 5.97 Å². The molecule has 0 saturated carbocycles. The molecule has 0 aliphatic heterocycles. The predicted molar refractivity (Wildman–Crippen MR) is 104 cm³/mol. The van der Waals surface area contributed by atoms with Crippen molar-refractivity contribution in [2.75, 3.05) is 5.32 Å². The molecule has 1 aromatic heterocycles. The maximum absolute atomic E-state index is 13.6. The summed E-state index contributed by atoms with van der Waals surface area (Å²) in [5.74, 6) is -3.24. The Bertz CT molecular complexity index is 1100. The molecule has 0 fully saturated rings. The van der Waals surface area contributed by atoms with Crippen molar-refractivity contribution in [1.82, 2.24) is 0 Å².